The fourth-order valence-corrected chi connectivity index (χ4v) is 2.61. The van der Waals surface area contributed by atoms with E-state index in [2.05, 4.69) is 10.4 Å². The molecule has 2 rings (SSSR count). The monoisotopic (exact) mass is 343 g/mol. The van der Waals surface area contributed by atoms with E-state index in [0.717, 1.165) is 12.1 Å². The van der Waals surface area contributed by atoms with Gasteiger partial charge in [-0.05, 0) is 26.0 Å². The molecule has 0 saturated carbocycles. The molecule has 5 nitrogen and oxygen atoms in total. The number of halogens is 3. The lowest BCUT2D eigenvalue weighted by Crippen LogP contribution is -2.29. The Hall–Kier alpha value is -1.99. The van der Waals surface area contributed by atoms with Crippen LogP contribution in [-0.2, 0) is 6.54 Å². The van der Waals surface area contributed by atoms with Crippen LogP contribution in [0.1, 0.15) is 34.6 Å². The van der Waals surface area contributed by atoms with E-state index in [1.54, 1.807) is 6.92 Å². The van der Waals surface area contributed by atoms with Crippen LogP contribution in [0.2, 0.25) is 5.15 Å². The van der Waals surface area contributed by atoms with Gasteiger partial charge in [0.25, 0.3) is 5.91 Å². The zero-order valence-corrected chi connectivity index (χ0v) is 13.4. The molecule has 1 aromatic carbocycles. The van der Waals surface area contributed by atoms with E-state index in [4.69, 9.17) is 11.6 Å². The van der Waals surface area contributed by atoms with E-state index >= 15 is 0 Å². The quantitative estimate of drug-likeness (QED) is 0.877. The highest BCUT2D eigenvalue weighted by Crippen LogP contribution is 2.22. The Labute approximate surface area is 136 Å². The molecule has 0 bridgehead atoms. The highest BCUT2D eigenvalue weighted by atomic mass is 35.5. The number of benzene rings is 1. The fraction of sp³-hybridized carbons (Fsp3) is 0.333. The van der Waals surface area contributed by atoms with Gasteiger partial charge in [-0.3, -0.25) is 9.48 Å². The summed E-state index contributed by atoms with van der Waals surface area (Å²) in [7, 11) is 0. The molecule has 0 aliphatic rings. The zero-order valence-electron chi connectivity index (χ0n) is 12.6. The van der Waals surface area contributed by atoms with E-state index < -0.39 is 29.2 Å². The average Bonchev–Trinajstić information content (AvgIpc) is 2.79. The van der Waals surface area contributed by atoms with Crippen LogP contribution in [0.5, 0.6) is 0 Å². The SMILES string of the molecule is CCn1nc(C)c(C(=O)NCC(O)c2c(F)cccc2F)c1Cl. The summed E-state index contributed by atoms with van der Waals surface area (Å²) in [4.78, 5) is 12.2. The molecule has 23 heavy (non-hydrogen) atoms. The molecule has 0 aliphatic heterocycles. The van der Waals surface area contributed by atoms with Crippen molar-refractivity contribution in [2.24, 2.45) is 0 Å². The van der Waals surface area contributed by atoms with Crippen molar-refractivity contribution >= 4 is 17.5 Å². The first kappa shape index (κ1) is 17.4. The third-order valence-electron chi connectivity index (χ3n) is 3.38. The minimum absolute atomic E-state index is 0.175. The number of carbonyl (C=O) groups excluding carboxylic acids is 1. The summed E-state index contributed by atoms with van der Waals surface area (Å²) in [5.41, 5.74) is 0.121. The van der Waals surface area contributed by atoms with Gasteiger partial charge in [-0.15, -0.1) is 0 Å². The number of aliphatic hydroxyl groups excluding tert-OH is 1. The summed E-state index contributed by atoms with van der Waals surface area (Å²) < 4.78 is 28.6. The Morgan fingerprint density at radius 1 is 1.43 bits per heavy atom. The number of rotatable bonds is 5. The molecule has 2 N–H and O–H groups in total. The Morgan fingerprint density at radius 2 is 2.04 bits per heavy atom. The minimum Gasteiger partial charge on any atom is -0.386 e. The number of hydrogen-bond acceptors (Lipinski definition) is 3. The van der Waals surface area contributed by atoms with Crippen molar-refractivity contribution in [3.8, 4) is 0 Å². The predicted molar refractivity (Wildman–Crippen MR) is 81.3 cm³/mol. The highest BCUT2D eigenvalue weighted by molar-refractivity contribution is 6.33. The number of amides is 1. The number of aryl methyl sites for hydroxylation is 2. The molecule has 0 aliphatic carbocycles. The van der Waals surface area contributed by atoms with Gasteiger partial charge in [-0.2, -0.15) is 5.10 Å². The first-order chi connectivity index (χ1) is 10.9. The lowest BCUT2D eigenvalue weighted by Gasteiger charge is -2.14. The van der Waals surface area contributed by atoms with E-state index in [9.17, 15) is 18.7 Å². The lowest BCUT2D eigenvalue weighted by atomic mass is 10.1. The second-order valence-corrected chi connectivity index (χ2v) is 5.29. The van der Waals surface area contributed by atoms with E-state index in [1.165, 1.54) is 10.7 Å². The van der Waals surface area contributed by atoms with Crippen LogP contribution >= 0.6 is 11.6 Å². The smallest absolute Gasteiger partial charge is 0.256 e. The van der Waals surface area contributed by atoms with Gasteiger partial charge in [0, 0.05) is 13.1 Å². The summed E-state index contributed by atoms with van der Waals surface area (Å²) in [5.74, 6) is -2.32. The maximum absolute atomic E-state index is 13.6. The van der Waals surface area contributed by atoms with Gasteiger partial charge in [0.1, 0.15) is 22.9 Å². The number of nitrogens with zero attached hydrogens (tertiary/aromatic N) is 2. The van der Waals surface area contributed by atoms with E-state index in [0.29, 0.717) is 12.2 Å². The number of hydrogen-bond donors (Lipinski definition) is 2. The number of aromatic nitrogens is 2. The highest BCUT2D eigenvalue weighted by Gasteiger charge is 2.22. The van der Waals surface area contributed by atoms with Crippen molar-refractivity contribution < 1.29 is 18.7 Å². The molecule has 1 heterocycles. The first-order valence-corrected chi connectivity index (χ1v) is 7.37. The van der Waals surface area contributed by atoms with Crippen molar-refractivity contribution in [3.05, 3.63) is 51.8 Å². The van der Waals surface area contributed by atoms with Gasteiger partial charge in [0.15, 0.2) is 0 Å². The largest absolute Gasteiger partial charge is 0.386 e. The van der Waals surface area contributed by atoms with Crippen LogP contribution in [-0.4, -0.2) is 27.3 Å². The van der Waals surface area contributed by atoms with E-state index in [-0.39, 0.29) is 17.3 Å². The summed E-state index contributed by atoms with van der Waals surface area (Å²) in [6.45, 7) is 3.59. The standard InChI is InChI=1S/C15H16ClF2N3O2/c1-3-21-14(16)12(8(2)20-21)15(23)19-7-11(22)13-9(17)5-4-6-10(13)18/h4-6,11,22H,3,7H2,1-2H3,(H,19,23). The van der Waals surface area contributed by atoms with Gasteiger partial charge in [0.05, 0.1) is 16.8 Å². The number of aliphatic hydroxyl groups is 1. The molecule has 0 saturated heterocycles. The molecule has 2 aromatic rings. The summed E-state index contributed by atoms with van der Waals surface area (Å²) in [6, 6.07) is 3.27. The van der Waals surface area contributed by atoms with Crippen molar-refractivity contribution in [1.82, 2.24) is 15.1 Å². The topological polar surface area (TPSA) is 67.2 Å². The van der Waals surface area contributed by atoms with Gasteiger partial charge >= 0.3 is 0 Å². The molecule has 1 aromatic heterocycles. The molecule has 0 spiro atoms. The van der Waals surface area contributed by atoms with Crippen LogP contribution in [0.4, 0.5) is 8.78 Å². The number of nitrogens with one attached hydrogen (secondary N) is 1. The van der Waals surface area contributed by atoms with Gasteiger partial charge < -0.3 is 10.4 Å². The van der Waals surface area contributed by atoms with Crippen LogP contribution in [0.3, 0.4) is 0 Å². The van der Waals surface area contributed by atoms with Gasteiger partial charge in [0.2, 0.25) is 0 Å². The Kier molecular flexibility index (Phi) is 5.33. The second kappa shape index (κ2) is 7.06. The molecule has 1 atom stereocenters. The lowest BCUT2D eigenvalue weighted by molar-refractivity contribution is 0.0911. The molecular formula is C15H16ClF2N3O2. The molecule has 124 valence electrons. The molecule has 1 amide bonds. The van der Waals surface area contributed by atoms with Gasteiger partial charge in [-0.25, -0.2) is 8.78 Å². The Bertz CT molecular complexity index is 714. The van der Waals surface area contributed by atoms with E-state index in [1.807, 2.05) is 6.92 Å². The first-order valence-electron chi connectivity index (χ1n) is 6.99. The predicted octanol–water partition coefficient (Wildman–Crippen LogP) is 2.61. The average molecular weight is 344 g/mol. The molecule has 0 fully saturated rings. The second-order valence-electron chi connectivity index (χ2n) is 4.93. The van der Waals surface area contributed by atoms with Crippen molar-refractivity contribution in [2.45, 2.75) is 26.5 Å². The normalized spacial score (nSPS) is 12.3. The zero-order chi connectivity index (χ0) is 17.1. The van der Waals surface area contributed by atoms with Crippen LogP contribution in [0, 0.1) is 18.6 Å². The Balaban J connectivity index is 2.12. The summed E-state index contributed by atoms with van der Waals surface area (Å²) in [6.07, 6.45) is -1.51. The van der Waals surface area contributed by atoms with Crippen molar-refractivity contribution in [2.75, 3.05) is 6.54 Å². The van der Waals surface area contributed by atoms with Crippen molar-refractivity contribution in [3.63, 3.8) is 0 Å². The van der Waals surface area contributed by atoms with Crippen LogP contribution < -0.4 is 5.32 Å². The maximum atomic E-state index is 13.6. The van der Waals surface area contributed by atoms with Crippen molar-refractivity contribution in [1.29, 1.82) is 0 Å². The summed E-state index contributed by atoms with van der Waals surface area (Å²) >= 11 is 6.06. The van der Waals surface area contributed by atoms with Crippen LogP contribution in [0.15, 0.2) is 18.2 Å². The Morgan fingerprint density at radius 3 is 2.57 bits per heavy atom. The molecule has 8 heteroatoms. The fourth-order valence-electron chi connectivity index (χ4n) is 2.23. The molecule has 1 unspecified atom stereocenters. The summed E-state index contributed by atoms with van der Waals surface area (Å²) in [5, 5.41) is 16.6. The third-order valence-corrected chi connectivity index (χ3v) is 3.77. The minimum atomic E-state index is -1.51. The number of carbonyl (C=O) groups is 1. The third kappa shape index (κ3) is 3.51. The maximum Gasteiger partial charge on any atom is 0.256 e. The van der Waals surface area contributed by atoms with Crippen LogP contribution in [0.25, 0.3) is 0 Å². The van der Waals surface area contributed by atoms with Gasteiger partial charge in [-0.1, -0.05) is 17.7 Å². The molecule has 0 radical (unpaired) electrons. The molecular weight excluding hydrogens is 328 g/mol.